The molecule has 1 amide bonds. The van der Waals surface area contributed by atoms with Gasteiger partial charge in [-0.15, -0.1) is 0 Å². The lowest BCUT2D eigenvalue weighted by molar-refractivity contribution is -0.137. The van der Waals surface area contributed by atoms with Crippen LogP contribution in [-0.4, -0.2) is 65.2 Å². The van der Waals surface area contributed by atoms with Gasteiger partial charge in [-0.1, -0.05) is 5.16 Å². The van der Waals surface area contributed by atoms with Crippen LogP contribution in [0, 0.1) is 5.92 Å². The first-order valence-electron chi connectivity index (χ1n) is 8.23. The molecule has 4 rings (SSSR count). The number of aromatic nitrogens is 2. The van der Waals surface area contributed by atoms with E-state index in [0.29, 0.717) is 31.5 Å². The molecule has 0 bridgehead atoms. The molecule has 0 N–H and O–H groups in total. The van der Waals surface area contributed by atoms with Crippen molar-refractivity contribution in [1.29, 1.82) is 0 Å². The van der Waals surface area contributed by atoms with Gasteiger partial charge in [0.25, 0.3) is 0 Å². The summed E-state index contributed by atoms with van der Waals surface area (Å²) in [4.78, 5) is 21.1. The van der Waals surface area contributed by atoms with E-state index >= 15 is 0 Å². The highest BCUT2D eigenvalue weighted by Crippen LogP contribution is 2.20. The molecule has 0 spiro atoms. The van der Waals surface area contributed by atoms with E-state index in [9.17, 15) is 4.79 Å². The first kappa shape index (κ1) is 15.7. The fourth-order valence-electron chi connectivity index (χ4n) is 3.13. The smallest absolute Gasteiger partial charge is 0.241 e. The first-order valence-corrected chi connectivity index (χ1v) is 9.18. The highest BCUT2D eigenvalue weighted by Gasteiger charge is 2.30. The van der Waals surface area contributed by atoms with Crippen LogP contribution in [0.4, 0.5) is 0 Å². The van der Waals surface area contributed by atoms with Crippen molar-refractivity contribution in [3.05, 3.63) is 22.7 Å². The van der Waals surface area contributed by atoms with Crippen molar-refractivity contribution < 1.29 is 14.1 Å². The van der Waals surface area contributed by atoms with Crippen LogP contribution >= 0.6 is 11.3 Å². The first-order chi connectivity index (χ1) is 11.8. The summed E-state index contributed by atoms with van der Waals surface area (Å²) in [6.07, 6.45) is 0.854. The third-order valence-corrected chi connectivity index (χ3v) is 5.25. The minimum atomic E-state index is 0.0562. The van der Waals surface area contributed by atoms with E-state index in [2.05, 4.69) is 15.0 Å². The largest absolute Gasteiger partial charge is 0.381 e. The molecule has 0 saturated carbocycles. The number of rotatable bonds is 4. The van der Waals surface area contributed by atoms with E-state index < -0.39 is 0 Å². The summed E-state index contributed by atoms with van der Waals surface area (Å²) in [6.45, 7) is 5.07. The standard InChI is InChI=1S/C16H20N4O3S/c21-16(12-1-7-22-10-12)20-5-3-19(4-6-20)9-14-17-15(18-23-14)13-2-8-24-11-13/h2,8,11-12H,1,3-7,9-10H2. The maximum atomic E-state index is 12.4. The van der Waals surface area contributed by atoms with E-state index in [1.807, 2.05) is 21.7 Å². The maximum Gasteiger partial charge on any atom is 0.241 e. The lowest BCUT2D eigenvalue weighted by Gasteiger charge is -2.35. The van der Waals surface area contributed by atoms with Crippen molar-refractivity contribution >= 4 is 17.2 Å². The van der Waals surface area contributed by atoms with Gasteiger partial charge in [-0.25, -0.2) is 0 Å². The summed E-state index contributed by atoms with van der Waals surface area (Å²) in [5.41, 5.74) is 0.990. The van der Waals surface area contributed by atoms with Gasteiger partial charge in [0.05, 0.1) is 19.1 Å². The number of thiophene rings is 1. The second kappa shape index (κ2) is 7.00. The van der Waals surface area contributed by atoms with Gasteiger partial charge in [0.1, 0.15) is 0 Å². The summed E-state index contributed by atoms with van der Waals surface area (Å²) in [7, 11) is 0. The molecule has 24 heavy (non-hydrogen) atoms. The molecular formula is C16H20N4O3S. The van der Waals surface area contributed by atoms with Crippen LogP contribution in [0.2, 0.25) is 0 Å². The Balaban J connectivity index is 1.29. The van der Waals surface area contributed by atoms with Crippen molar-refractivity contribution in [3.63, 3.8) is 0 Å². The van der Waals surface area contributed by atoms with Gasteiger partial charge in [-0.05, 0) is 17.9 Å². The molecule has 2 aliphatic rings. The minimum Gasteiger partial charge on any atom is -0.381 e. The van der Waals surface area contributed by atoms with Crippen molar-refractivity contribution in [3.8, 4) is 11.4 Å². The highest BCUT2D eigenvalue weighted by molar-refractivity contribution is 7.08. The molecule has 1 atom stereocenters. The summed E-state index contributed by atoms with van der Waals surface area (Å²) in [5, 5.41) is 8.04. The van der Waals surface area contributed by atoms with Crippen LogP contribution in [-0.2, 0) is 16.1 Å². The average molecular weight is 348 g/mol. The Hall–Kier alpha value is -1.77. The fraction of sp³-hybridized carbons (Fsp3) is 0.562. The number of carbonyl (C=O) groups excluding carboxylic acids is 1. The molecule has 0 aliphatic carbocycles. The van der Waals surface area contributed by atoms with Crippen LogP contribution in [0.1, 0.15) is 12.3 Å². The molecule has 2 aromatic heterocycles. The second-order valence-corrected chi connectivity index (χ2v) is 6.97. The fourth-order valence-corrected chi connectivity index (χ4v) is 3.77. The number of ether oxygens (including phenoxy) is 1. The Labute approximate surface area is 144 Å². The SMILES string of the molecule is O=C(C1CCOC1)N1CCN(Cc2nc(-c3ccsc3)no2)CC1. The Morgan fingerprint density at radius 1 is 1.33 bits per heavy atom. The van der Waals surface area contributed by atoms with Crippen LogP contribution in [0.15, 0.2) is 21.3 Å². The van der Waals surface area contributed by atoms with Gasteiger partial charge in [0, 0.05) is 43.7 Å². The van der Waals surface area contributed by atoms with E-state index in [4.69, 9.17) is 9.26 Å². The zero-order valence-electron chi connectivity index (χ0n) is 13.4. The predicted molar refractivity (Wildman–Crippen MR) is 88.4 cm³/mol. The van der Waals surface area contributed by atoms with E-state index in [-0.39, 0.29) is 11.8 Å². The minimum absolute atomic E-state index is 0.0562. The monoisotopic (exact) mass is 348 g/mol. The Bertz CT molecular complexity index is 673. The molecular weight excluding hydrogens is 328 g/mol. The molecule has 128 valence electrons. The molecule has 2 fully saturated rings. The van der Waals surface area contributed by atoms with Crippen LogP contribution in [0.5, 0.6) is 0 Å². The molecule has 0 radical (unpaired) electrons. The zero-order chi connectivity index (χ0) is 16.4. The number of carbonyl (C=O) groups is 1. The number of nitrogens with zero attached hydrogens (tertiary/aromatic N) is 4. The van der Waals surface area contributed by atoms with E-state index in [1.165, 1.54) is 0 Å². The van der Waals surface area contributed by atoms with Crippen molar-refractivity contribution in [1.82, 2.24) is 19.9 Å². The zero-order valence-corrected chi connectivity index (χ0v) is 14.2. The van der Waals surface area contributed by atoms with E-state index in [0.717, 1.165) is 38.2 Å². The van der Waals surface area contributed by atoms with Gasteiger partial charge in [-0.2, -0.15) is 16.3 Å². The number of piperazine rings is 1. The highest BCUT2D eigenvalue weighted by atomic mass is 32.1. The molecule has 2 saturated heterocycles. The van der Waals surface area contributed by atoms with Gasteiger partial charge in [0.15, 0.2) is 0 Å². The molecule has 2 aromatic rings. The van der Waals surface area contributed by atoms with Crippen molar-refractivity contribution in [2.75, 3.05) is 39.4 Å². The Morgan fingerprint density at radius 2 is 2.21 bits per heavy atom. The van der Waals surface area contributed by atoms with Gasteiger partial charge in [-0.3, -0.25) is 9.69 Å². The molecule has 1 unspecified atom stereocenters. The van der Waals surface area contributed by atoms with Gasteiger partial charge in [0.2, 0.25) is 17.6 Å². The maximum absolute atomic E-state index is 12.4. The van der Waals surface area contributed by atoms with Crippen LogP contribution < -0.4 is 0 Å². The Kier molecular flexibility index (Phi) is 4.59. The average Bonchev–Trinajstić information content (AvgIpc) is 3.36. The lowest BCUT2D eigenvalue weighted by Crippen LogP contribution is -2.50. The van der Waals surface area contributed by atoms with Crippen LogP contribution in [0.25, 0.3) is 11.4 Å². The summed E-state index contributed by atoms with van der Waals surface area (Å²) >= 11 is 1.61. The van der Waals surface area contributed by atoms with Crippen molar-refractivity contribution in [2.24, 2.45) is 5.92 Å². The molecule has 4 heterocycles. The van der Waals surface area contributed by atoms with Crippen LogP contribution in [0.3, 0.4) is 0 Å². The quantitative estimate of drug-likeness (QED) is 0.833. The second-order valence-electron chi connectivity index (χ2n) is 6.19. The summed E-state index contributed by atoms with van der Waals surface area (Å²) in [6, 6.07) is 1.98. The van der Waals surface area contributed by atoms with E-state index in [1.54, 1.807) is 11.3 Å². The molecule has 8 heteroatoms. The number of amides is 1. The normalized spacial score (nSPS) is 22.2. The number of hydrogen-bond acceptors (Lipinski definition) is 7. The van der Waals surface area contributed by atoms with Crippen molar-refractivity contribution in [2.45, 2.75) is 13.0 Å². The molecule has 2 aliphatic heterocycles. The van der Waals surface area contributed by atoms with Gasteiger partial charge >= 0.3 is 0 Å². The Morgan fingerprint density at radius 3 is 2.92 bits per heavy atom. The molecule has 0 aromatic carbocycles. The third-order valence-electron chi connectivity index (χ3n) is 4.57. The topological polar surface area (TPSA) is 71.7 Å². The lowest BCUT2D eigenvalue weighted by atomic mass is 10.1. The summed E-state index contributed by atoms with van der Waals surface area (Å²) in [5.74, 6) is 1.56. The third kappa shape index (κ3) is 3.35. The van der Waals surface area contributed by atoms with Gasteiger partial charge < -0.3 is 14.2 Å². The predicted octanol–water partition coefficient (Wildman–Crippen LogP) is 1.48. The summed E-state index contributed by atoms with van der Waals surface area (Å²) < 4.78 is 10.7. The molecule has 7 nitrogen and oxygen atoms in total. The number of hydrogen-bond donors (Lipinski definition) is 0.